The molecule has 0 radical (unpaired) electrons. The monoisotopic (exact) mass is 605 g/mol. The predicted molar refractivity (Wildman–Crippen MR) is 161 cm³/mol. The summed E-state index contributed by atoms with van der Waals surface area (Å²) in [6.07, 6.45) is 11.1. The van der Waals surface area contributed by atoms with Crippen LogP contribution in [0, 0.1) is 17.1 Å². The second kappa shape index (κ2) is 12.5. The highest BCUT2D eigenvalue weighted by atomic mass is 32.3. The Morgan fingerprint density at radius 1 is 1.19 bits per heavy atom. The molecule has 1 unspecified atom stereocenters. The van der Waals surface area contributed by atoms with Crippen molar-refractivity contribution in [2.24, 2.45) is 0 Å². The highest BCUT2D eigenvalue weighted by molar-refractivity contribution is 8.47. The van der Waals surface area contributed by atoms with Gasteiger partial charge in [-0.05, 0) is 69.2 Å². The van der Waals surface area contributed by atoms with Crippen LogP contribution in [0.2, 0.25) is 0 Å². The zero-order valence-electron chi connectivity index (χ0n) is 25.4. The summed E-state index contributed by atoms with van der Waals surface area (Å²) in [5.41, 5.74) is 0.300. The highest BCUT2D eigenvalue weighted by Gasteiger charge is 2.26. The second-order valence-electron chi connectivity index (χ2n) is 13.0. The summed E-state index contributed by atoms with van der Waals surface area (Å²) in [5, 5.41) is 12.5. The van der Waals surface area contributed by atoms with Crippen LogP contribution in [0.1, 0.15) is 31.9 Å². The minimum Gasteiger partial charge on any atom is -0.467 e. The maximum absolute atomic E-state index is 15.2. The Kier molecular flexibility index (Phi) is 9.74. The average Bonchev–Trinajstić information content (AvgIpc) is 3.24. The first-order valence-electron chi connectivity index (χ1n) is 13.3. The normalized spacial score (nSPS) is 13.5. The topological polar surface area (TPSA) is 138 Å². The minimum atomic E-state index is -1.72. The number of nitrogens with zero attached hydrogens (tertiary/aromatic N) is 4. The van der Waals surface area contributed by atoms with Crippen molar-refractivity contribution >= 4 is 32.3 Å². The number of hydrogen-bond acceptors (Lipinski definition) is 9. The number of benzene rings is 1. The highest BCUT2D eigenvalue weighted by Crippen LogP contribution is 2.54. The number of halogens is 1. The molecule has 0 bridgehead atoms. The number of rotatable bonds is 11. The summed E-state index contributed by atoms with van der Waals surface area (Å²) in [6, 6.07) is 5.12. The Labute approximate surface area is 245 Å². The van der Waals surface area contributed by atoms with E-state index in [4.69, 9.17) is 18.9 Å². The van der Waals surface area contributed by atoms with Crippen LogP contribution in [0.25, 0.3) is 11.0 Å². The molecule has 230 valence electrons. The number of alkyl carbamates (subject to hydrolysis) is 1. The first-order chi connectivity index (χ1) is 19.5. The number of hydrogen-bond donors (Lipinski definition) is 2. The molecule has 2 aromatic heterocycles. The molecule has 0 aliphatic rings. The molecule has 1 amide bonds. The van der Waals surface area contributed by atoms with Gasteiger partial charge in [-0.25, -0.2) is 23.9 Å². The van der Waals surface area contributed by atoms with E-state index in [9.17, 15) is 14.9 Å². The molecular weight excluding hydrogens is 565 g/mol. The molecule has 1 N–H and O–H groups in total. The maximum atomic E-state index is 15.2. The summed E-state index contributed by atoms with van der Waals surface area (Å²) in [7, 11) is -0.534. The molecule has 0 aliphatic carbocycles. The number of ether oxygens (including phenoxy) is 4. The number of amides is 1. The number of aromatic nitrogens is 3. The van der Waals surface area contributed by atoms with E-state index in [-0.39, 0.29) is 30.3 Å². The number of nitrogens with one attached hydrogen (secondary N) is 1. The molecule has 1 aromatic carbocycles. The molecule has 3 aromatic rings. The molecule has 3 rings (SSSR count). The average molecular weight is 606 g/mol. The number of carbonyl (C=O) groups is 2. The number of thiol groups is 1. The maximum Gasteiger partial charge on any atom is 0.408 e. The molecule has 0 aliphatic heterocycles. The number of esters is 1. The molecule has 2 heterocycles. The van der Waals surface area contributed by atoms with Crippen LogP contribution < -0.4 is 10.1 Å². The molecule has 11 nitrogen and oxygen atoms in total. The zero-order chi connectivity index (χ0) is 31.3. The van der Waals surface area contributed by atoms with Crippen LogP contribution in [0.3, 0.4) is 0 Å². The van der Waals surface area contributed by atoms with Crippen LogP contribution in [-0.2, 0) is 32.2 Å². The molecule has 13 heteroatoms. The largest absolute Gasteiger partial charge is 0.467 e. The third-order valence-electron chi connectivity index (χ3n) is 5.92. The Morgan fingerprint density at radius 3 is 2.50 bits per heavy atom. The Balaban J connectivity index is 1.79. The lowest BCUT2D eigenvalue weighted by molar-refractivity contribution is -0.143. The Bertz CT molecular complexity index is 1490. The van der Waals surface area contributed by atoms with E-state index in [1.807, 2.05) is 0 Å². The van der Waals surface area contributed by atoms with E-state index >= 15 is 4.39 Å². The second-order valence-corrected chi connectivity index (χ2v) is 21.3. The summed E-state index contributed by atoms with van der Waals surface area (Å²) in [4.78, 5) is 32.9. The predicted octanol–water partition coefficient (Wildman–Crippen LogP) is 4.41. The van der Waals surface area contributed by atoms with Crippen molar-refractivity contribution in [3.8, 4) is 17.7 Å². The lowest BCUT2D eigenvalue weighted by Crippen LogP contribution is -2.45. The third kappa shape index (κ3) is 9.32. The summed E-state index contributed by atoms with van der Waals surface area (Å²) >= 11 is 0. The van der Waals surface area contributed by atoms with E-state index < -0.39 is 38.7 Å². The number of carbonyl (C=O) groups excluding carboxylic acids is 2. The molecule has 0 saturated heterocycles. The summed E-state index contributed by atoms with van der Waals surface area (Å²) in [5.74, 6) is -0.635. The van der Waals surface area contributed by atoms with Gasteiger partial charge in [-0.1, -0.05) is 6.07 Å². The summed E-state index contributed by atoms with van der Waals surface area (Å²) in [6.45, 7) is 5.82. The van der Waals surface area contributed by atoms with Crippen molar-refractivity contribution in [1.82, 2.24) is 19.9 Å². The minimum absolute atomic E-state index is 0.00939. The molecule has 42 heavy (non-hydrogen) atoms. The molecule has 0 fully saturated rings. The Morgan fingerprint density at radius 2 is 1.90 bits per heavy atom. The fourth-order valence-electron chi connectivity index (χ4n) is 3.83. The van der Waals surface area contributed by atoms with Gasteiger partial charge in [-0.2, -0.15) is 5.26 Å². The fraction of sp³-hybridized carbons (Fsp3) is 0.483. The van der Waals surface area contributed by atoms with E-state index in [1.165, 1.54) is 25.6 Å². The lowest BCUT2D eigenvalue weighted by Gasteiger charge is -2.46. The van der Waals surface area contributed by atoms with Gasteiger partial charge in [0.2, 0.25) is 5.88 Å². The van der Waals surface area contributed by atoms with Crippen LogP contribution in [0.15, 0.2) is 30.7 Å². The van der Waals surface area contributed by atoms with Gasteiger partial charge >= 0.3 is 12.1 Å². The van der Waals surface area contributed by atoms with Gasteiger partial charge in [0.1, 0.15) is 30.8 Å². The van der Waals surface area contributed by atoms with Crippen LogP contribution in [0.5, 0.6) is 11.6 Å². The quantitative estimate of drug-likeness (QED) is 0.185. The van der Waals surface area contributed by atoms with Gasteiger partial charge in [-0.3, -0.25) is 9.16 Å². The summed E-state index contributed by atoms with van der Waals surface area (Å²) < 4.78 is 38.6. The standard InChI is InChI=1S/C29H40FN5O6S/c1-29(2,3)41-28(37)34-22(27(36)38-4)14-19-9-10-23(21(30)13-19)40-26-24-20(15-31)16-35(25(24)32-17-33-26)18-39-11-12-42(5,6,7)8/h9-10,13,16-17,22,42H,11-12,14,18H2,1-8H3,(H,34,37). The van der Waals surface area contributed by atoms with Crippen LogP contribution in [0.4, 0.5) is 9.18 Å². The first-order valence-corrected chi connectivity index (χ1v) is 17.5. The number of nitriles is 1. The van der Waals surface area contributed by atoms with E-state index in [0.717, 1.165) is 5.75 Å². The molecule has 0 saturated carbocycles. The van der Waals surface area contributed by atoms with Crippen molar-refractivity contribution in [2.75, 3.05) is 44.5 Å². The van der Waals surface area contributed by atoms with Crippen molar-refractivity contribution in [3.63, 3.8) is 0 Å². The fourth-order valence-corrected chi connectivity index (χ4v) is 4.69. The van der Waals surface area contributed by atoms with Gasteiger partial charge in [0.15, 0.2) is 17.2 Å². The smallest absolute Gasteiger partial charge is 0.408 e. The first kappa shape index (κ1) is 32.6. The van der Waals surface area contributed by atoms with Gasteiger partial charge < -0.3 is 28.8 Å². The molecule has 0 spiro atoms. The van der Waals surface area contributed by atoms with Gasteiger partial charge in [-0.15, -0.1) is 0 Å². The third-order valence-corrected chi connectivity index (χ3v) is 7.89. The van der Waals surface area contributed by atoms with Gasteiger partial charge in [0.25, 0.3) is 0 Å². The van der Waals surface area contributed by atoms with E-state index in [0.29, 0.717) is 23.2 Å². The van der Waals surface area contributed by atoms with E-state index in [2.05, 4.69) is 46.4 Å². The van der Waals surface area contributed by atoms with Gasteiger partial charge in [0, 0.05) is 12.6 Å². The zero-order valence-corrected chi connectivity index (χ0v) is 26.3. The lowest BCUT2D eigenvalue weighted by atomic mass is 10.1. The van der Waals surface area contributed by atoms with Crippen molar-refractivity contribution in [3.05, 3.63) is 47.7 Å². The van der Waals surface area contributed by atoms with E-state index in [1.54, 1.807) is 37.6 Å². The van der Waals surface area contributed by atoms with Crippen molar-refractivity contribution < 1.29 is 32.9 Å². The Hall–Kier alpha value is -3.89. The van der Waals surface area contributed by atoms with Crippen molar-refractivity contribution in [2.45, 2.75) is 45.6 Å². The van der Waals surface area contributed by atoms with Crippen LogP contribution >= 0.6 is 9.16 Å². The van der Waals surface area contributed by atoms with Crippen molar-refractivity contribution in [1.29, 1.82) is 5.26 Å². The molecule has 1 atom stereocenters. The van der Waals surface area contributed by atoms with Gasteiger partial charge in [0.05, 0.1) is 24.7 Å². The number of fused-ring (bicyclic) bond motifs is 1. The SMILES string of the molecule is COC(=O)C(Cc1ccc(Oc2ncnc3c2c(C#N)cn3COCC[SH](C)(C)(C)C)c(F)c1)NC(=O)OC(C)(C)C. The van der Waals surface area contributed by atoms with Crippen LogP contribution in [-0.4, -0.2) is 82.7 Å². The number of methoxy groups -OCH3 is 1. The molecular formula is C29H40FN5O6S.